The third-order valence-corrected chi connectivity index (χ3v) is 4.96. The summed E-state index contributed by atoms with van der Waals surface area (Å²) in [5.41, 5.74) is 3.58. The number of nitrogens with zero attached hydrogens (tertiary/aromatic N) is 1. The van der Waals surface area contributed by atoms with Crippen LogP contribution in [0.15, 0.2) is 53.4 Å². The smallest absolute Gasteiger partial charge is 0.230 e. The predicted octanol–water partition coefficient (Wildman–Crippen LogP) is 4.25. The van der Waals surface area contributed by atoms with Gasteiger partial charge in [0.15, 0.2) is 0 Å². The molecule has 0 aliphatic heterocycles. The van der Waals surface area contributed by atoms with Gasteiger partial charge in [-0.3, -0.25) is 4.79 Å². The Hall–Kier alpha value is -1.94. The van der Waals surface area contributed by atoms with Gasteiger partial charge in [0.05, 0.1) is 5.75 Å². The van der Waals surface area contributed by atoms with Crippen molar-refractivity contribution in [2.24, 2.45) is 0 Å². The number of amides is 1. The maximum absolute atomic E-state index is 12.0. The summed E-state index contributed by atoms with van der Waals surface area (Å²) in [6.07, 6.45) is 0. The molecule has 128 valence electrons. The van der Waals surface area contributed by atoms with E-state index in [2.05, 4.69) is 79.5 Å². The second kappa shape index (κ2) is 9.38. The second-order valence-corrected chi connectivity index (χ2v) is 6.77. The minimum Gasteiger partial charge on any atom is -0.372 e. The fourth-order valence-corrected chi connectivity index (χ4v) is 3.18. The molecule has 0 bridgehead atoms. The summed E-state index contributed by atoms with van der Waals surface area (Å²) in [6, 6.07) is 16.7. The lowest BCUT2D eigenvalue weighted by Crippen LogP contribution is -2.24. The second-order valence-electron chi connectivity index (χ2n) is 5.72. The topological polar surface area (TPSA) is 32.3 Å². The molecular formula is C20H26N2OS. The number of carbonyl (C=O) groups excluding carboxylic acids is 1. The molecular weight excluding hydrogens is 316 g/mol. The van der Waals surface area contributed by atoms with Crippen LogP contribution >= 0.6 is 11.8 Å². The van der Waals surface area contributed by atoms with Crippen molar-refractivity contribution < 1.29 is 4.79 Å². The number of nitrogens with one attached hydrogen (secondary N) is 1. The van der Waals surface area contributed by atoms with E-state index in [1.807, 2.05) is 0 Å². The van der Waals surface area contributed by atoms with Crippen molar-refractivity contribution in [3.8, 4) is 0 Å². The third kappa shape index (κ3) is 5.60. The molecule has 0 aliphatic rings. The number of benzene rings is 2. The molecule has 2 aromatic carbocycles. The van der Waals surface area contributed by atoms with Gasteiger partial charge < -0.3 is 10.2 Å². The quantitative estimate of drug-likeness (QED) is 0.728. The highest BCUT2D eigenvalue weighted by molar-refractivity contribution is 8.00. The van der Waals surface area contributed by atoms with E-state index < -0.39 is 0 Å². The summed E-state index contributed by atoms with van der Waals surface area (Å²) in [7, 11) is 0. The zero-order valence-electron chi connectivity index (χ0n) is 14.7. The lowest BCUT2D eigenvalue weighted by atomic mass is 10.2. The lowest BCUT2D eigenvalue weighted by Gasteiger charge is -2.21. The van der Waals surface area contributed by atoms with Gasteiger partial charge in [0, 0.05) is 30.2 Å². The van der Waals surface area contributed by atoms with Gasteiger partial charge in [0.2, 0.25) is 5.91 Å². The monoisotopic (exact) mass is 342 g/mol. The van der Waals surface area contributed by atoms with Gasteiger partial charge in [-0.25, -0.2) is 0 Å². The van der Waals surface area contributed by atoms with Crippen molar-refractivity contribution in [2.75, 3.05) is 23.7 Å². The Balaban J connectivity index is 1.78. The maximum atomic E-state index is 12.0. The third-order valence-electron chi connectivity index (χ3n) is 3.95. The van der Waals surface area contributed by atoms with Crippen molar-refractivity contribution in [3.63, 3.8) is 0 Å². The van der Waals surface area contributed by atoms with Crippen LogP contribution in [0.5, 0.6) is 0 Å². The Kier molecular flexibility index (Phi) is 7.19. The molecule has 1 N–H and O–H groups in total. The van der Waals surface area contributed by atoms with E-state index in [4.69, 9.17) is 0 Å². The lowest BCUT2D eigenvalue weighted by molar-refractivity contribution is -0.118. The highest BCUT2D eigenvalue weighted by atomic mass is 32.2. The van der Waals surface area contributed by atoms with E-state index in [0.717, 1.165) is 23.5 Å². The van der Waals surface area contributed by atoms with Gasteiger partial charge in [0.1, 0.15) is 0 Å². The van der Waals surface area contributed by atoms with Crippen LogP contribution in [0, 0.1) is 6.92 Å². The molecule has 0 radical (unpaired) electrons. The van der Waals surface area contributed by atoms with E-state index in [9.17, 15) is 4.79 Å². The fraction of sp³-hybridized carbons (Fsp3) is 0.350. The molecule has 0 atom stereocenters. The molecule has 2 aromatic rings. The number of thioether (sulfide) groups is 1. The van der Waals surface area contributed by atoms with E-state index >= 15 is 0 Å². The van der Waals surface area contributed by atoms with Crippen LogP contribution in [0.4, 0.5) is 5.69 Å². The van der Waals surface area contributed by atoms with E-state index in [1.54, 1.807) is 11.8 Å². The predicted molar refractivity (Wildman–Crippen MR) is 104 cm³/mol. The van der Waals surface area contributed by atoms with Crippen LogP contribution in [-0.4, -0.2) is 24.7 Å². The molecule has 3 nitrogen and oxygen atoms in total. The van der Waals surface area contributed by atoms with Gasteiger partial charge in [-0.05, 0) is 50.6 Å². The molecule has 0 aromatic heterocycles. The number of carbonyl (C=O) groups is 1. The molecule has 2 rings (SSSR count). The van der Waals surface area contributed by atoms with Crippen molar-refractivity contribution in [2.45, 2.75) is 32.2 Å². The van der Waals surface area contributed by atoms with E-state index in [1.165, 1.54) is 11.3 Å². The summed E-state index contributed by atoms with van der Waals surface area (Å²) in [5, 5.41) is 2.98. The Bertz CT molecular complexity index is 634. The van der Waals surface area contributed by atoms with Crippen LogP contribution in [-0.2, 0) is 11.3 Å². The van der Waals surface area contributed by atoms with E-state index in [0.29, 0.717) is 12.3 Å². The molecule has 0 aliphatic carbocycles. The van der Waals surface area contributed by atoms with Crippen LogP contribution in [0.3, 0.4) is 0 Å². The molecule has 24 heavy (non-hydrogen) atoms. The van der Waals surface area contributed by atoms with Crippen molar-refractivity contribution in [3.05, 3.63) is 59.7 Å². The zero-order chi connectivity index (χ0) is 17.4. The summed E-state index contributed by atoms with van der Waals surface area (Å²) in [5.74, 6) is 0.508. The molecule has 0 unspecified atom stereocenters. The van der Waals surface area contributed by atoms with Crippen LogP contribution in [0.25, 0.3) is 0 Å². The van der Waals surface area contributed by atoms with Crippen LogP contribution < -0.4 is 10.2 Å². The Morgan fingerprint density at radius 2 is 1.62 bits per heavy atom. The minimum absolute atomic E-state index is 0.0633. The van der Waals surface area contributed by atoms with E-state index in [-0.39, 0.29) is 5.91 Å². The fourth-order valence-electron chi connectivity index (χ4n) is 2.45. The van der Waals surface area contributed by atoms with Gasteiger partial charge in [0.25, 0.3) is 0 Å². The largest absolute Gasteiger partial charge is 0.372 e. The Morgan fingerprint density at radius 3 is 2.21 bits per heavy atom. The van der Waals surface area contributed by atoms with Gasteiger partial charge in [-0.15, -0.1) is 11.8 Å². The highest BCUT2D eigenvalue weighted by Gasteiger charge is 2.04. The first-order valence-electron chi connectivity index (χ1n) is 8.42. The maximum Gasteiger partial charge on any atom is 0.230 e. The average Bonchev–Trinajstić information content (AvgIpc) is 2.61. The van der Waals surface area contributed by atoms with Gasteiger partial charge in [-0.1, -0.05) is 29.8 Å². The van der Waals surface area contributed by atoms with Crippen LogP contribution in [0.1, 0.15) is 25.0 Å². The first-order chi connectivity index (χ1) is 11.6. The molecule has 4 heteroatoms. The van der Waals surface area contributed by atoms with Crippen molar-refractivity contribution >= 4 is 23.4 Å². The molecule has 0 saturated carbocycles. The number of hydrogen-bond acceptors (Lipinski definition) is 3. The number of hydrogen-bond donors (Lipinski definition) is 1. The van der Waals surface area contributed by atoms with Crippen LogP contribution in [0.2, 0.25) is 0 Å². The van der Waals surface area contributed by atoms with Crippen molar-refractivity contribution in [1.29, 1.82) is 0 Å². The Morgan fingerprint density at radius 1 is 1.00 bits per heavy atom. The first kappa shape index (κ1) is 18.4. The first-order valence-corrected chi connectivity index (χ1v) is 9.41. The zero-order valence-corrected chi connectivity index (χ0v) is 15.5. The molecule has 0 heterocycles. The normalized spacial score (nSPS) is 10.5. The van der Waals surface area contributed by atoms with Crippen molar-refractivity contribution in [1.82, 2.24) is 5.32 Å². The number of aryl methyl sites for hydroxylation is 1. The number of rotatable bonds is 8. The SMILES string of the molecule is CCN(CC)c1ccc(CNC(=O)CSc2ccc(C)cc2)cc1. The minimum atomic E-state index is 0.0633. The summed E-state index contributed by atoms with van der Waals surface area (Å²) >= 11 is 1.57. The number of anilines is 1. The Labute approximate surface area is 149 Å². The standard InChI is InChI=1S/C20H26N2OS/c1-4-22(5-2)18-10-8-17(9-11-18)14-21-20(23)15-24-19-12-6-16(3)7-13-19/h6-13H,4-5,14-15H2,1-3H3,(H,21,23). The molecule has 0 fully saturated rings. The highest BCUT2D eigenvalue weighted by Crippen LogP contribution is 2.18. The molecule has 1 amide bonds. The summed E-state index contributed by atoms with van der Waals surface area (Å²) in [6.45, 7) is 8.96. The van der Waals surface area contributed by atoms with Gasteiger partial charge in [-0.2, -0.15) is 0 Å². The van der Waals surface area contributed by atoms with Gasteiger partial charge >= 0.3 is 0 Å². The summed E-state index contributed by atoms with van der Waals surface area (Å²) in [4.78, 5) is 15.4. The summed E-state index contributed by atoms with van der Waals surface area (Å²) < 4.78 is 0. The molecule has 0 spiro atoms. The average molecular weight is 343 g/mol. The molecule has 0 saturated heterocycles.